The molecule has 0 bridgehead atoms. The monoisotopic (exact) mass is 203 g/mol. The first-order valence-electron chi connectivity index (χ1n) is 4.66. The predicted octanol–water partition coefficient (Wildman–Crippen LogP) is 1.24. The second kappa shape index (κ2) is 4.10. The van der Waals surface area contributed by atoms with Gasteiger partial charge in [0.15, 0.2) is 11.7 Å². The van der Waals surface area contributed by atoms with E-state index in [2.05, 4.69) is 10.1 Å². The molecule has 0 unspecified atom stereocenters. The maximum Gasteiger partial charge on any atom is 0.155 e. The molecule has 1 heterocycles. The van der Waals surface area contributed by atoms with Gasteiger partial charge < -0.3 is 0 Å². The third-order valence-corrected chi connectivity index (χ3v) is 1.89. The lowest BCUT2D eigenvalue weighted by atomic mass is 9.96. The van der Waals surface area contributed by atoms with Crippen molar-refractivity contribution in [3.05, 3.63) is 12.2 Å². The molecule has 0 fully saturated rings. The minimum absolute atomic E-state index is 0.111. The van der Waals surface area contributed by atoms with Gasteiger partial charge in [-0.2, -0.15) is 15.6 Å². The smallest absolute Gasteiger partial charge is 0.155 e. The molecule has 0 aliphatic heterocycles. The summed E-state index contributed by atoms with van der Waals surface area (Å²) >= 11 is 0. The van der Waals surface area contributed by atoms with E-state index in [4.69, 9.17) is 10.5 Å². The van der Waals surface area contributed by atoms with Gasteiger partial charge in [-0.3, -0.25) is 4.68 Å². The highest BCUT2D eigenvalue weighted by molar-refractivity contribution is 5.01. The SMILES string of the molecule is CC(C)(C)c1ncn(CC(C#N)C#N)n1. The predicted molar refractivity (Wildman–Crippen MR) is 53.4 cm³/mol. The van der Waals surface area contributed by atoms with Crippen LogP contribution in [0.3, 0.4) is 0 Å². The molecule has 78 valence electrons. The van der Waals surface area contributed by atoms with Gasteiger partial charge in [0, 0.05) is 5.41 Å². The van der Waals surface area contributed by atoms with Gasteiger partial charge in [-0.15, -0.1) is 0 Å². The molecule has 0 aliphatic carbocycles. The van der Waals surface area contributed by atoms with E-state index in [1.54, 1.807) is 6.33 Å². The Balaban J connectivity index is 2.79. The molecule has 0 saturated heterocycles. The van der Waals surface area contributed by atoms with E-state index in [-0.39, 0.29) is 12.0 Å². The molecule has 0 spiro atoms. The second-order valence-electron chi connectivity index (χ2n) is 4.35. The van der Waals surface area contributed by atoms with Crippen molar-refractivity contribution < 1.29 is 0 Å². The lowest BCUT2D eigenvalue weighted by Crippen LogP contribution is -2.15. The molecule has 0 atom stereocenters. The van der Waals surface area contributed by atoms with Gasteiger partial charge in [-0.05, 0) is 0 Å². The van der Waals surface area contributed by atoms with Crippen LogP contribution in [0, 0.1) is 28.6 Å². The van der Waals surface area contributed by atoms with Crippen LogP contribution in [-0.2, 0) is 12.0 Å². The van der Waals surface area contributed by atoms with Crippen LogP contribution in [0.5, 0.6) is 0 Å². The Bertz CT molecular complexity index is 398. The van der Waals surface area contributed by atoms with Crippen molar-refractivity contribution in [3.8, 4) is 12.1 Å². The van der Waals surface area contributed by atoms with E-state index in [1.165, 1.54) is 4.68 Å². The van der Waals surface area contributed by atoms with E-state index in [9.17, 15) is 0 Å². The zero-order chi connectivity index (χ0) is 11.5. The summed E-state index contributed by atoms with van der Waals surface area (Å²) in [6, 6.07) is 3.80. The molecule has 0 radical (unpaired) electrons. The molecule has 1 aromatic rings. The Hall–Kier alpha value is -1.88. The number of rotatable bonds is 2. The van der Waals surface area contributed by atoms with Crippen molar-refractivity contribution in [1.82, 2.24) is 14.8 Å². The molecule has 15 heavy (non-hydrogen) atoms. The van der Waals surface area contributed by atoms with Crippen LogP contribution in [0.15, 0.2) is 6.33 Å². The highest BCUT2D eigenvalue weighted by Gasteiger charge is 2.19. The Kier molecular flexibility index (Phi) is 3.06. The first-order valence-corrected chi connectivity index (χ1v) is 4.66. The van der Waals surface area contributed by atoms with E-state index in [0.717, 1.165) is 5.82 Å². The van der Waals surface area contributed by atoms with Crippen LogP contribution >= 0.6 is 0 Å². The quantitative estimate of drug-likeness (QED) is 0.724. The summed E-state index contributed by atoms with van der Waals surface area (Å²) in [5, 5.41) is 21.5. The Labute approximate surface area is 89.0 Å². The fourth-order valence-corrected chi connectivity index (χ4v) is 1.02. The number of aromatic nitrogens is 3. The maximum atomic E-state index is 8.62. The van der Waals surface area contributed by atoms with Crippen LogP contribution in [0.2, 0.25) is 0 Å². The zero-order valence-electron chi connectivity index (χ0n) is 9.10. The zero-order valence-corrected chi connectivity index (χ0v) is 9.10. The number of nitriles is 2. The van der Waals surface area contributed by atoms with Crippen LogP contribution in [-0.4, -0.2) is 14.8 Å². The minimum Gasteiger partial charge on any atom is -0.250 e. The van der Waals surface area contributed by atoms with Crippen molar-refractivity contribution in [2.45, 2.75) is 32.7 Å². The number of hydrogen-bond donors (Lipinski definition) is 0. The topological polar surface area (TPSA) is 78.3 Å². The summed E-state index contributed by atoms with van der Waals surface area (Å²) in [7, 11) is 0. The highest BCUT2D eigenvalue weighted by atomic mass is 15.3. The molecule has 1 rings (SSSR count). The Morgan fingerprint density at radius 1 is 1.40 bits per heavy atom. The average Bonchev–Trinajstić information content (AvgIpc) is 2.61. The van der Waals surface area contributed by atoms with E-state index in [1.807, 2.05) is 32.9 Å². The van der Waals surface area contributed by atoms with Crippen LogP contribution in [0.1, 0.15) is 26.6 Å². The van der Waals surface area contributed by atoms with Crippen LogP contribution in [0.4, 0.5) is 0 Å². The summed E-state index contributed by atoms with van der Waals surface area (Å²) < 4.78 is 1.54. The first kappa shape index (κ1) is 11.2. The van der Waals surface area contributed by atoms with Crippen LogP contribution < -0.4 is 0 Å². The molecular weight excluding hydrogens is 190 g/mol. The van der Waals surface area contributed by atoms with Crippen molar-refractivity contribution in [1.29, 1.82) is 10.5 Å². The van der Waals surface area contributed by atoms with E-state index in [0.29, 0.717) is 0 Å². The number of nitrogens with zero attached hydrogens (tertiary/aromatic N) is 5. The summed E-state index contributed by atoms with van der Waals surface area (Å²) in [5.41, 5.74) is -0.111. The second-order valence-corrected chi connectivity index (χ2v) is 4.35. The van der Waals surface area contributed by atoms with Crippen molar-refractivity contribution in [3.63, 3.8) is 0 Å². The molecule has 0 N–H and O–H groups in total. The first-order chi connectivity index (χ1) is 6.97. The average molecular weight is 203 g/mol. The summed E-state index contributed by atoms with van der Waals surface area (Å²) in [5.74, 6) is 0.0525. The molecule has 5 heteroatoms. The largest absolute Gasteiger partial charge is 0.250 e. The normalized spacial score (nSPS) is 11.1. The van der Waals surface area contributed by atoms with Crippen molar-refractivity contribution in [2.75, 3.05) is 0 Å². The molecule has 1 aromatic heterocycles. The fourth-order valence-electron chi connectivity index (χ4n) is 1.02. The molecule has 0 saturated carbocycles. The molecule has 0 amide bonds. The third kappa shape index (κ3) is 2.78. The lowest BCUT2D eigenvalue weighted by molar-refractivity contribution is 0.511. The van der Waals surface area contributed by atoms with Crippen molar-refractivity contribution in [2.24, 2.45) is 5.92 Å². The summed E-state index contributed by atoms with van der Waals surface area (Å²) in [6.07, 6.45) is 1.56. The minimum atomic E-state index is -0.667. The van der Waals surface area contributed by atoms with Gasteiger partial charge in [0.05, 0.1) is 18.7 Å². The maximum absolute atomic E-state index is 8.62. The fraction of sp³-hybridized carbons (Fsp3) is 0.600. The van der Waals surface area contributed by atoms with Gasteiger partial charge in [0.25, 0.3) is 0 Å². The standard InChI is InChI=1S/C10H13N5/c1-10(2,3)9-13-7-15(14-9)6-8(4-11)5-12/h7-8H,6H2,1-3H3. The van der Waals surface area contributed by atoms with Gasteiger partial charge >= 0.3 is 0 Å². The molecule has 0 aromatic carbocycles. The van der Waals surface area contributed by atoms with Gasteiger partial charge in [-0.1, -0.05) is 20.8 Å². The Morgan fingerprint density at radius 2 is 2.00 bits per heavy atom. The summed E-state index contributed by atoms with van der Waals surface area (Å²) in [4.78, 5) is 4.14. The van der Waals surface area contributed by atoms with Gasteiger partial charge in [0.2, 0.25) is 0 Å². The van der Waals surface area contributed by atoms with Gasteiger partial charge in [0.1, 0.15) is 6.33 Å². The highest BCUT2D eigenvalue weighted by Crippen LogP contribution is 2.17. The Morgan fingerprint density at radius 3 is 2.40 bits per heavy atom. The van der Waals surface area contributed by atoms with Gasteiger partial charge in [-0.25, -0.2) is 4.98 Å². The molecule has 5 nitrogen and oxygen atoms in total. The third-order valence-electron chi connectivity index (χ3n) is 1.89. The van der Waals surface area contributed by atoms with Crippen molar-refractivity contribution >= 4 is 0 Å². The number of hydrogen-bond acceptors (Lipinski definition) is 4. The summed E-state index contributed by atoms with van der Waals surface area (Å²) in [6.45, 7) is 6.31. The molecular formula is C10H13N5. The van der Waals surface area contributed by atoms with E-state index >= 15 is 0 Å². The lowest BCUT2D eigenvalue weighted by Gasteiger charge is -2.12. The molecule has 0 aliphatic rings. The van der Waals surface area contributed by atoms with E-state index < -0.39 is 5.92 Å². The van der Waals surface area contributed by atoms with Crippen LogP contribution in [0.25, 0.3) is 0 Å².